The molecule has 0 radical (unpaired) electrons. The lowest BCUT2D eigenvalue weighted by atomic mass is 10.1. The third-order valence-electron chi connectivity index (χ3n) is 8.82. The molecule has 0 bridgehead atoms. The fraction of sp³-hybridized carbons (Fsp3) is 0.250. The highest BCUT2D eigenvalue weighted by atomic mass is 35.5. The van der Waals surface area contributed by atoms with E-state index >= 15 is 0 Å². The van der Waals surface area contributed by atoms with Crippen molar-refractivity contribution in [2.24, 2.45) is 27.2 Å². The molecule has 280 valence electrons. The van der Waals surface area contributed by atoms with Crippen molar-refractivity contribution in [2.75, 3.05) is 18.7 Å². The quantitative estimate of drug-likeness (QED) is 0.0886. The molecular weight excluding hydrogens is 719 g/mol. The number of anilines is 1. The summed E-state index contributed by atoms with van der Waals surface area (Å²) in [5.74, 6) is 1.52. The molecule has 0 aliphatic carbocycles. The minimum Gasteiger partial charge on any atom is -0.370 e. The Balaban J connectivity index is 0.000000182. The van der Waals surface area contributed by atoms with Gasteiger partial charge in [-0.25, -0.2) is 24.9 Å². The monoisotopic (exact) mass is 764 g/mol. The highest BCUT2D eigenvalue weighted by Gasteiger charge is 2.15. The van der Waals surface area contributed by atoms with Crippen molar-refractivity contribution in [2.45, 2.75) is 54.6 Å². The summed E-state index contributed by atoms with van der Waals surface area (Å²) in [4.78, 5) is 28.5. The van der Waals surface area contributed by atoms with Gasteiger partial charge in [-0.15, -0.1) is 0 Å². The van der Waals surface area contributed by atoms with Gasteiger partial charge in [0.2, 0.25) is 11.9 Å². The van der Waals surface area contributed by atoms with E-state index in [2.05, 4.69) is 84.4 Å². The summed E-state index contributed by atoms with van der Waals surface area (Å²) in [7, 11) is 0. The lowest BCUT2D eigenvalue weighted by Gasteiger charge is -2.26. The SMILES string of the molecule is Cc1cc2nc(N=C(N)N)nc(C)c2cc1C.Cc1cc2nc(NC3=NCN(Cc4ccc(Cl)cc4)CN3)nc(C)c2cc1C.NCc1ccc(Cl)cc1. The van der Waals surface area contributed by atoms with Crippen LogP contribution in [-0.2, 0) is 13.1 Å². The van der Waals surface area contributed by atoms with Crippen LogP contribution in [-0.4, -0.2) is 50.1 Å². The zero-order chi connectivity index (χ0) is 38.9. The van der Waals surface area contributed by atoms with E-state index in [0.29, 0.717) is 37.7 Å². The highest BCUT2D eigenvalue weighted by molar-refractivity contribution is 6.30. The molecule has 54 heavy (non-hydrogen) atoms. The van der Waals surface area contributed by atoms with Crippen LogP contribution >= 0.6 is 23.2 Å². The smallest absolute Gasteiger partial charge is 0.253 e. The molecule has 2 aromatic heterocycles. The number of aliphatic imine (C=N–C) groups is 2. The maximum Gasteiger partial charge on any atom is 0.253 e. The van der Waals surface area contributed by atoms with Gasteiger partial charge in [-0.05, 0) is 123 Å². The van der Waals surface area contributed by atoms with Crippen molar-refractivity contribution >= 4 is 68.8 Å². The molecule has 0 fully saturated rings. The first-order chi connectivity index (χ1) is 25.8. The lowest BCUT2D eigenvalue weighted by Crippen LogP contribution is -2.45. The number of nitrogens with two attached hydrogens (primary N) is 3. The van der Waals surface area contributed by atoms with E-state index in [1.54, 1.807) is 0 Å². The van der Waals surface area contributed by atoms with Gasteiger partial charge in [-0.1, -0.05) is 47.5 Å². The lowest BCUT2D eigenvalue weighted by molar-refractivity contribution is 0.256. The second kappa shape index (κ2) is 18.1. The van der Waals surface area contributed by atoms with Crippen molar-refractivity contribution in [1.29, 1.82) is 0 Å². The van der Waals surface area contributed by atoms with Gasteiger partial charge in [0, 0.05) is 33.9 Å². The molecule has 14 heteroatoms. The molecule has 0 saturated carbocycles. The summed E-state index contributed by atoms with van der Waals surface area (Å²) >= 11 is 11.6. The minimum absolute atomic E-state index is 0.0346. The van der Waals surface area contributed by atoms with E-state index in [1.807, 2.05) is 75.4 Å². The Hall–Kier alpha value is -5.40. The zero-order valence-corrected chi connectivity index (χ0v) is 32.9. The maximum atomic E-state index is 5.95. The Labute approximate surface area is 326 Å². The molecule has 7 rings (SSSR count). The van der Waals surface area contributed by atoms with Crippen molar-refractivity contribution < 1.29 is 0 Å². The van der Waals surface area contributed by atoms with Crippen molar-refractivity contribution in [1.82, 2.24) is 30.2 Å². The van der Waals surface area contributed by atoms with Crippen molar-refractivity contribution in [3.8, 4) is 0 Å². The Bertz CT molecular complexity index is 2300. The molecule has 0 spiro atoms. The first-order valence-corrected chi connectivity index (χ1v) is 18.1. The summed E-state index contributed by atoms with van der Waals surface area (Å²) in [6.07, 6.45) is 0. The van der Waals surface area contributed by atoms with E-state index in [4.69, 9.17) is 40.4 Å². The van der Waals surface area contributed by atoms with E-state index in [1.165, 1.54) is 27.8 Å². The van der Waals surface area contributed by atoms with Crippen LogP contribution in [0.5, 0.6) is 0 Å². The first-order valence-electron chi connectivity index (χ1n) is 17.4. The number of hydrogen-bond donors (Lipinski definition) is 5. The standard InChI is InChI=1S/C21H23ClN6.C12H15N5.C7H8ClN/c1-13-8-18-15(3)25-21(26-19(18)9-14(13)2)27-20-23-11-28(12-24-20)10-16-4-6-17(22)7-5-16;1-6-4-9-8(3)15-12(17-11(13)14)16-10(9)5-7(6)2;8-7-3-1-6(5-9)2-4-7/h4-9H,10-12H2,1-3H3,(H2,23,24,25,26,27);4-5H,1-3H3,(H4,13,14,15,16,17);1-4H,5,9H2. The summed E-state index contributed by atoms with van der Waals surface area (Å²) < 4.78 is 0. The van der Waals surface area contributed by atoms with Crippen molar-refractivity contribution in [3.05, 3.63) is 128 Å². The fourth-order valence-electron chi connectivity index (χ4n) is 5.52. The van der Waals surface area contributed by atoms with E-state index in [0.717, 1.165) is 55.3 Å². The van der Waals surface area contributed by atoms with E-state index in [-0.39, 0.29) is 5.96 Å². The van der Waals surface area contributed by atoms with Crippen LogP contribution < -0.4 is 27.8 Å². The molecule has 0 amide bonds. The summed E-state index contributed by atoms with van der Waals surface area (Å²) in [5, 5.41) is 10.1. The number of halogens is 2. The van der Waals surface area contributed by atoms with Gasteiger partial charge < -0.3 is 22.5 Å². The van der Waals surface area contributed by atoms with Crippen LogP contribution in [0.2, 0.25) is 10.0 Å². The number of hydrogen-bond acceptors (Lipinski definition) is 10. The second-order valence-corrected chi connectivity index (χ2v) is 14.0. The predicted molar refractivity (Wildman–Crippen MR) is 223 cm³/mol. The Morgan fingerprint density at radius 1 is 0.722 bits per heavy atom. The van der Waals surface area contributed by atoms with Crippen LogP contribution in [0.4, 0.5) is 11.9 Å². The molecular formula is C40H46Cl2N12. The molecule has 1 aliphatic heterocycles. The van der Waals surface area contributed by atoms with Gasteiger partial charge in [0.05, 0.1) is 35.8 Å². The van der Waals surface area contributed by atoms with Crippen LogP contribution in [0, 0.1) is 41.5 Å². The summed E-state index contributed by atoms with van der Waals surface area (Å²) in [6, 6.07) is 23.8. The van der Waals surface area contributed by atoms with Crippen LogP contribution in [0.15, 0.2) is 82.8 Å². The number of fused-ring (bicyclic) bond motifs is 2. The third-order valence-corrected chi connectivity index (χ3v) is 9.32. The number of benzene rings is 4. The number of nitrogens with one attached hydrogen (secondary N) is 2. The molecule has 12 nitrogen and oxygen atoms in total. The van der Waals surface area contributed by atoms with Gasteiger partial charge in [-0.3, -0.25) is 10.2 Å². The van der Waals surface area contributed by atoms with Crippen molar-refractivity contribution in [3.63, 3.8) is 0 Å². The number of guanidine groups is 2. The topological polar surface area (TPSA) is 182 Å². The van der Waals surface area contributed by atoms with Gasteiger partial charge >= 0.3 is 0 Å². The Kier molecular flexibility index (Phi) is 13.3. The normalized spacial score (nSPS) is 12.5. The fourth-order valence-corrected chi connectivity index (χ4v) is 5.77. The first kappa shape index (κ1) is 39.8. The molecule has 0 atom stereocenters. The number of aryl methyl sites for hydroxylation is 6. The minimum atomic E-state index is -0.0346. The Morgan fingerprint density at radius 2 is 1.24 bits per heavy atom. The van der Waals surface area contributed by atoms with Crippen LogP contribution in [0.25, 0.3) is 21.8 Å². The van der Waals surface area contributed by atoms with Gasteiger partial charge in [0.1, 0.15) is 0 Å². The predicted octanol–water partition coefficient (Wildman–Crippen LogP) is 7.26. The van der Waals surface area contributed by atoms with Gasteiger partial charge in [0.25, 0.3) is 5.95 Å². The number of nitrogens with zero attached hydrogens (tertiary/aromatic N) is 7. The largest absolute Gasteiger partial charge is 0.370 e. The van der Waals surface area contributed by atoms with Crippen LogP contribution in [0.3, 0.4) is 0 Å². The van der Waals surface area contributed by atoms with Gasteiger partial charge in [0.15, 0.2) is 5.96 Å². The summed E-state index contributed by atoms with van der Waals surface area (Å²) in [5.41, 5.74) is 26.8. The average molecular weight is 766 g/mol. The Morgan fingerprint density at radius 3 is 1.76 bits per heavy atom. The molecule has 4 aromatic carbocycles. The maximum absolute atomic E-state index is 5.95. The third kappa shape index (κ3) is 10.8. The summed E-state index contributed by atoms with van der Waals surface area (Å²) in [6.45, 7) is 14.9. The number of aromatic nitrogens is 4. The number of rotatable bonds is 5. The highest BCUT2D eigenvalue weighted by Crippen LogP contribution is 2.23. The molecule has 0 saturated heterocycles. The zero-order valence-electron chi connectivity index (χ0n) is 31.4. The molecule has 8 N–H and O–H groups in total. The van der Waals surface area contributed by atoms with E-state index in [9.17, 15) is 0 Å². The van der Waals surface area contributed by atoms with Gasteiger partial charge in [-0.2, -0.15) is 4.99 Å². The molecule has 3 heterocycles. The molecule has 1 aliphatic rings. The molecule has 0 unspecified atom stereocenters. The molecule has 6 aromatic rings. The van der Waals surface area contributed by atoms with Crippen LogP contribution in [0.1, 0.15) is 44.8 Å². The second-order valence-electron chi connectivity index (χ2n) is 13.1. The average Bonchev–Trinajstić information content (AvgIpc) is 3.13. The van der Waals surface area contributed by atoms with E-state index < -0.39 is 0 Å².